The summed E-state index contributed by atoms with van der Waals surface area (Å²) in [4.78, 5) is 11.9. The first-order valence-electron chi connectivity index (χ1n) is 6.58. The van der Waals surface area contributed by atoms with Gasteiger partial charge in [-0.1, -0.05) is 51.2 Å². The lowest BCUT2D eigenvalue weighted by molar-refractivity contribution is -0.133. The Morgan fingerprint density at radius 2 is 1.50 bits per heavy atom. The molecule has 0 aromatic heterocycles. The molecule has 2 heteroatoms. The van der Waals surface area contributed by atoms with Crippen molar-refractivity contribution >= 4 is 5.78 Å². The smallest absolute Gasteiger partial charge is 0.168 e. The van der Waals surface area contributed by atoms with Crippen LogP contribution in [0.5, 0.6) is 0 Å². The van der Waals surface area contributed by atoms with Crippen LogP contribution in [0.1, 0.15) is 64.2 Å². The van der Waals surface area contributed by atoms with Crippen molar-refractivity contribution in [2.75, 3.05) is 0 Å². The Morgan fingerprint density at radius 3 is 2.06 bits per heavy atom. The van der Waals surface area contributed by atoms with Crippen molar-refractivity contribution in [2.45, 2.75) is 69.8 Å². The lowest BCUT2D eigenvalue weighted by Gasteiger charge is -2.23. The first-order chi connectivity index (χ1) is 7.69. The molecule has 16 heavy (non-hydrogen) atoms. The van der Waals surface area contributed by atoms with Gasteiger partial charge in [0.15, 0.2) is 5.78 Å². The van der Waals surface area contributed by atoms with Gasteiger partial charge in [-0.05, 0) is 19.3 Å². The van der Waals surface area contributed by atoms with Crippen LogP contribution in [0.2, 0.25) is 0 Å². The van der Waals surface area contributed by atoms with E-state index in [0.29, 0.717) is 12.8 Å². The summed E-state index contributed by atoms with van der Waals surface area (Å²) in [5.41, 5.74) is -1.25. The maximum Gasteiger partial charge on any atom is 0.168 e. The molecule has 0 aliphatic heterocycles. The molecule has 1 atom stereocenters. The molecular formula is C14H24O2. The van der Waals surface area contributed by atoms with Crippen LogP contribution in [0.3, 0.4) is 0 Å². The van der Waals surface area contributed by atoms with E-state index in [4.69, 9.17) is 0 Å². The molecule has 0 radical (unpaired) electrons. The molecular weight excluding hydrogens is 200 g/mol. The number of Topliss-reactive ketones (excluding diaryl/α,β-unsaturated/α-hetero) is 1. The zero-order valence-corrected chi connectivity index (χ0v) is 10.2. The fourth-order valence-electron chi connectivity index (χ4n) is 2.31. The lowest BCUT2D eigenvalue weighted by Crippen LogP contribution is -2.36. The summed E-state index contributed by atoms with van der Waals surface area (Å²) in [5.74, 6) is -0.0388. The van der Waals surface area contributed by atoms with E-state index in [9.17, 15) is 9.90 Å². The highest BCUT2D eigenvalue weighted by atomic mass is 16.3. The number of aliphatic hydroxyl groups is 1. The number of rotatable bonds is 1. The molecule has 0 heterocycles. The van der Waals surface area contributed by atoms with Crippen molar-refractivity contribution in [2.24, 2.45) is 0 Å². The maximum atomic E-state index is 11.9. The summed E-state index contributed by atoms with van der Waals surface area (Å²) >= 11 is 0. The van der Waals surface area contributed by atoms with Gasteiger partial charge in [-0.3, -0.25) is 4.79 Å². The maximum absolute atomic E-state index is 11.9. The van der Waals surface area contributed by atoms with E-state index in [1.165, 1.54) is 31.8 Å². The molecule has 1 fully saturated rings. The van der Waals surface area contributed by atoms with Crippen molar-refractivity contribution in [3.63, 3.8) is 0 Å². The summed E-state index contributed by atoms with van der Waals surface area (Å²) in [6.07, 6.45) is 11.6. The SMILES string of the molecule is C=CC1(O)CCCCCCCCCCC1=O. The fourth-order valence-corrected chi connectivity index (χ4v) is 2.31. The Hall–Kier alpha value is -0.630. The number of ketones is 1. The van der Waals surface area contributed by atoms with Crippen molar-refractivity contribution in [3.05, 3.63) is 12.7 Å². The topological polar surface area (TPSA) is 37.3 Å². The second kappa shape index (κ2) is 6.85. The standard InChI is InChI=1S/C14H24O2/c1-2-14(16)12-10-8-6-4-3-5-7-9-11-13(14)15/h2,16H,1,3-12H2. The highest BCUT2D eigenvalue weighted by Gasteiger charge is 2.30. The Bertz CT molecular complexity index is 235. The zero-order chi connectivity index (χ0) is 11.9. The van der Waals surface area contributed by atoms with E-state index in [2.05, 4.69) is 6.58 Å². The van der Waals surface area contributed by atoms with Crippen LogP contribution in [0.25, 0.3) is 0 Å². The van der Waals surface area contributed by atoms with Gasteiger partial charge in [-0.2, -0.15) is 0 Å². The molecule has 1 N–H and O–H groups in total. The van der Waals surface area contributed by atoms with E-state index in [1.807, 2.05) is 0 Å². The van der Waals surface area contributed by atoms with Gasteiger partial charge in [0.05, 0.1) is 0 Å². The average molecular weight is 224 g/mol. The highest BCUT2D eigenvalue weighted by molar-refractivity contribution is 5.88. The zero-order valence-electron chi connectivity index (χ0n) is 10.2. The lowest BCUT2D eigenvalue weighted by atomic mass is 9.88. The summed E-state index contributed by atoms with van der Waals surface area (Å²) in [7, 11) is 0. The van der Waals surface area contributed by atoms with Gasteiger partial charge in [-0.25, -0.2) is 0 Å². The Labute approximate surface area is 98.7 Å². The minimum Gasteiger partial charge on any atom is -0.378 e. The van der Waals surface area contributed by atoms with Crippen LogP contribution >= 0.6 is 0 Å². The first-order valence-corrected chi connectivity index (χ1v) is 6.58. The van der Waals surface area contributed by atoms with Gasteiger partial charge in [0, 0.05) is 6.42 Å². The molecule has 0 aromatic rings. The second-order valence-electron chi connectivity index (χ2n) is 4.88. The molecule has 92 valence electrons. The Balaban J connectivity index is 2.53. The number of carbonyl (C=O) groups excluding carboxylic acids is 1. The van der Waals surface area contributed by atoms with Crippen molar-refractivity contribution < 1.29 is 9.90 Å². The molecule has 1 aliphatic carbocycles. The predicted molar refractivity (Wildman–Crippen MR) is 66.3 cm³/mol. The van der Waals surface area contributed by atoms with Crippen molar-refractivity contribution in [3.8, 4) is 0 Å². The van der Waals surface area contributed by atoms with Crippen molar-refractivity contribution in [1.29, 1.82) is 0 Å². The normalized spacial score (nSPS) is 30.2. The van der Waals surface area contributed by atoms with Crippen molar-refractivity contribution in [1.82, 2.24) is 0 Å². The summed E-state index contributed by atoms with van der Waals surface area (Å²) in [5, 5.41) is 10.2. The molecule has 0 saturated heterocycles. The average Bonchev–Trinajstić information content (AvgIpc) is 2.29. The summed E-state index contributed by atoms with van der Waals surface area (Å²) < 4.78 is 0. The summed E-state index contributed by atoms with van der Waals surface area (Å²) in [6.45, 7) is 3.60. The molecule has 0 bridgehead atoms. The quantitative estimate of drug-likeness (QED) is 0.693. The van der Waals surface area contributed by atoms with E-state index >= 15 is 0 Å². The van der Waals surface area contributed by atoms with Gasteiger partial charge in [0.2, 0.25) is 0 Å². The van der Waals surface area contributed by atoms with E-state index in [1.54, 1.807) is 0 Å². The van der Waals surface area contributed by atoms with Crippen LogP contribution in [0.4, 0.5) is 0 Å². The van der Waals surface area contributed by atoms with Crippen LogP contribution in [0.15, 0.2) is 12.7 Å². The first kappa shape index (κ1) is 13.4. The Kier molecular flexibility index (Phi) is 5.75. The summed E-state index contributed by atoms with van der Waals surface area (Å²) in [6, 6.07) is 0. The van der Waals surface area contributed by atoms with E-state index < -0.39 is 5.60 Å². The van der Waals surface area contributed by atoms with Crippen LogP contribution < -0.4 is 0 Å². The van der Waals surface area contributed by atoms with Gasteiger partial charge in [0.25, 0.3) is 0 Å². The molecule has 1 saturated carbocycles. The third kappa shape index (κ3) is 4.09. The van der Waals surface area contributed by atoms with Gasteiger partial charge < -0.3 is 5.11 Å². The van der Waals surface area contributed by atoms with Crippen LogP contribution in [-0.4, -0.2) is 16.5 Å². The van der Waals surface area contributed by atoms with Gasteiger partial charge in [-0.15, -0.1) is 0 Å². The van der Waals surface area contributed by atoms with E-state index in [0.717, 1.165) is 25.7 Å². The number of hydrogen-bond acceptors (Lipinski definition) is 2. The number of hydrogen-bond donors (Lipinski definition) is 1. The van der Waals surface area contributed by atoms with Gasteiger partial charge >= 0.3 is 0 Å². The molecule has 1 aliphatic rings. The molecule has 2 nitrogen and oxygen atoms in total. The second-order valence-corrected chi connectivity index (χ2v) is 4.88. The monoisotopic (exact) mass is 224 g/mol. The molecule has 0 aromatic carbocycles. The minimum absolute atomic E-state index is 0.0388. The van der Waals surface area contributed by atoms with Crippen LogP contribution in [-0.2, 0) is 4.79 Å². The molecule has 1 unspecified atom stereocenters. The molecule has 1 rings (SSSR count). The fraction of sp³-hybridized carbons (Fsp3) is 0.786. The molecule has 0 spiro atoms. The van der Waals surface area contributed by atoms with Crippen LogP contribution in [0, 0.1) is 0 Å². The minimum atomic E-state index is -1.25. The molecule has 0 amide bonds. The Morgan fingerprint density at radius 1 is 1.00 bits per heavy atom. The van der Waals surface area contributed by atoms with Gasteiger partial charge in [0.1, 0.15) is 5.60 Å². The largest absolute Gasteiger partial charge is 0.378 e. The highest BCUT2D eigenvalue weighted by Crippen LogP contribution is 2.22. The van der Waals surface area contributed by atoms with E-state index in [-0.39, 0.29) is 5.78 Å². The third-order valence-corrected chi connectivity index (χ3v) is 3.53. The predicted octanol–water partition coefficient (Wildman–Crippen LogP) is 3.39. The third-order valence-electron chi connectivity index (χ3n) is 3.53. The number of carbonyl (C=O) groups is 1.